The van der Waals surface area contributed by atoms with Crippen LogP contribution in [0.3, 0.4) is 0 Å². The number of carbonyl (C=O) groups excluding carboxylic acids is 3. The smallest absolute Gasteiger partial charge is 0.306 e. The molecule has 0 aliphatic heterocycles. The highest BCUT2D eigenvalue weighted by Crippen LogP contribution is 2.14. The summed E-state index contributed by atoms with van der Waals surface area (Å²) in [6.45, 7) is 6.19. The number of carbonyl (C=O) groups is 3. The van der Waals surface area contributed by atoms with Gasteiger partial charge < -0.3 is 14.2 Å². The van der Waals surface area contributed by atoms with Crippen LogP contribution in [0.5, 0.6) is 0 Å². The summed E-state index contributed by atoms with van der Waals surface area (Å²) in [6.07, 6.45) is 70.5. The minimum Gasteiger partial charge on any atom is -0.462 e. The summed E-state index contributed by atoms with van der Waals surface area (Å²) < 4.78 is 16.7. The fourth-order valence-electron chi connectivity index (χ4n) is 6.58. The van der Waals surface area contributed by atoms with Gasteiger partial charge in [-0.05, 0) is 89.9 Å². The third-order valence-electron chi connectivity index (χ3n) is 10.3. The Morgan fingerprint density at radius 3 is 1.11 bits per heavy atom. The molecule has 1 atom stereocenters. The van der Waals surface area contributed by atoms with Crippen molar-refractivity contribution in [1.82, 2.24) is 0 Å². The third kappa shape index (κ3) is 48.8. The third-order valence-corrected chi connectivity index (χ3v) is 10.3. The molecule has 0 radical (unpaired) electrons. The van der Waals surface area contributed by atoms with Gasteiger partial charge in [-0.15, -0.1) is 0 Å². The summed E-state index contributed by atoms with van der Waals surface area (Å²) in [5.74, 6) is -1.01. The average molecular weight is 885 g/mol. The zero-order chi connectivity index (χ0) is 46.5. The SMILES string of the molecule is CC\C=C/C=C\C=C/C=C\C=C/CCCC(=O)OCC(COC(=O)CCCCCCCCCCC/C=C\C/C=C\C/C=C\CC)OC(=O)CCCCCCCCC/C=C\C/C=C\CC. The van der Waals surface area contributed by atoms with Crippen LogP contribution in [0.1, 0.15) is 207 Å². The number of rotatable bonds is 44. The van der Waals surface area contributed by atoms with Gasteiger partial charge >= 0.3 is 17.9 Å². The molecule has 6 nitrogen and oxygen atoms in total. The van der Waals surface area contributed by atoms with Gasteiger partial charge in [-0.25, -0.2) is 0 Å². The van der Waals surface area contributed by atoms with Gasteiger partial charge in [0.25, 0.3) is 0 Å². The van der Waals surface area contributed by atoms with E-state index in [1.165, 1.54) is 64.2 Å². The number of allylic oxidation sites excluding steroid dienone is 20. The van der Waals surface area contributed by atoms with Crippen LogP contribution < -0.4 is 0 Å². The van der Waals surface area contributed by atoms with E-state index in [0.29, 0.717) is 19.3 Å². The highest BCUT2D eigenvalue weighted by Gasteiger charge is 2.19. The van der Waals surface area contributed by atoms with Crippen molar-refractivity contribution in [2.45, 2.75) is 213 Å². The first-order chi connectivity index (χ1) is 31.5. The van der Waals surface area contributed by atoms with Crippen LogP contribution in [0, 0.1) is 0 Å². The molecule has 0 aliphatic rings. The van der Waals surface area contributed by atoms with E-state index in [0.717, 1.165) is 96.3 Å². The number of ether oxygens (including phenoxy) is 3. The molecule has 0 spiro atoms. The number of esters is 3. The molecule has 1 unspecified atom stereocenters. The molecule has 0 aromatic rings. The lowest BCUT2D eigenvalue weighted by molar-refractivity contribution is -0.167. The summed E-state index contributed by atoms with van der Waals surface area (Å²) in [5.41, 5.74) is 0. The van der Waals surface area contributed by atoms with E-state index in [2.05, 4.69) is 87.6 Å². The van der Waals surface area contributed by atoms with Gasteiger partial charge in [0, 0.05) is 19.3 Å². The zero-order valence-electron chi connectivity index (χ0n) is 41.0. The minimum atomic E-state index is -0.816. The quantitative estimate of drug-likeness (QED) is 0.0199. The Hall–Kier alpha value is -4.19. The molecule has 0 amide bonds. The molecule has 0 bridgehead atoms. The predicted molar refractivity (Wildman–Crippen MR) is 274 cm³/mol. The highest BCUT2D eigenvalue weighted by atomic mass is 16.6. The molecule has 0 aromatic heterocycles. The molecular weight excluding hydrogens is 793 g/mol. The van der Waals surface area contributed by atoms with Crippen molar-refractivity contribution in [2.75, 3.05) is 13.2 Å². The van der Waals surface area contributed by atoms with Crippen molar-refractivity contribution in [3.05, 3.63) is 122 Å². The standard InChI is InChI=1S/C58H92O6/c1-4-7-10-13-16-19-22-25-27-28-29-30-31-34-36-39-42-45-48-51-57(60)63-54-55(53-62-56(59)50-47-44-41-38-35-32-24-21-18-15-12-9-6-3)64-58(61)52-49-46-43-40-37-33-26-23-20-17-14-11-8-5-2/h7-12,15-21,24-25,27,32,35,38,41,55H,4-6,13-14,22-23,26,28-31,33-34,36-37,39-40,42-54H2,1-3H3/b10-7-,11-8-,12-9-,18-15-,19-16-,20-17-,24-21-,27-25-,35-32-,41-38-. The van der Waals surface area contributed by atoms with Gasteiger partial charge in [0.2, 0.25) is 0 Å². The molecular formula is C58H92O6. The molecule has 0 saturated heterocycles. The fraction of sp³-hybridized carbons (Fsp3) is 0.603. The molecule has 0 N–H and O–H groups in total. The van der Waals surface area contributed by atoms with Gasteiger partial charge in [0.15, 0.2) is 6.10 Å². The molecule has 0 aliphatic carbocycles. The highest BCUT2D eigenvalue weighted by molar-refractivity contribution is 5.71. The fourth-order valence-corrected chi connectivity index (χ4v) is 6.58. The first-order valence-corrected chi connectivity index (χ1v) is 25.6. The molecule has 360 valence electrons. The maximum absolute atomic E-state index is 12.8. The Bertz CT molecular complexity index is 1390. The molecule has 0 rings (SSSR count). The van der Waals surface area contributed by atoms with Crippen LogP contribution in [0.4, 0.5) is 0 Å². The summed E-state index contributed by atoms with van der Waals surface area (Å²) in [6, 6.07) is 0. The Morgan fingerprint density at radius 2 is 0.656 bits per heavy atom. The van der Waals surface area contributed by atoms with Crippen molar-refractivity contribution in [1.29, 1.82) is 0 Å². The summed E-state index contributed by atoms with van der Waals surface area (Å²) in [7, 11) is 0. The van der Waals surface area contributed by atoms with Crippen molar-refractivity contribution >= 4 is 17.9 Å². The van der Waals surface area contributed by atoms with Crippen LogP contribution in [0.25, 0.3) is 0 Å². The van der Waals surface area contributed by atoms with Gasteiger partial charge in [-0.1, -0.05) is 219 Å². The van der Waals surface area contributed by atoms with Crippen LogP contribution in [0.15, 0.2) is 122 Å². The van der Waals surface area contributed by atoms with E-state index in [9.17, 15) is 14.4 Å². The summed E-state index contributed by atoms with van der Waals surface area (Å²) >= 11 is 0. The van der Waals surface area contributed by atoms with Crippen LogP contribution >= 0.6 is 0 Å². The van der Waals surface area contributed by atoms with Crippen molar-refractivity contribution in [3.63, 3.8) is 0 Å². The number of unbranched alkanes of at least 4 members (excludes halogenated alkanes) is 17. The summed E-state index contributed by atoms with van der Waals surface area (Å²) in [5, 5.41) is 0. The molecule has 0 heterocycles. The lowest BCUT2D eigenvalue weighted by atomic mass is 10.1. The number of hydrogen-bond donors (Lipinski definition) is 0. The Morgan fingerprint density at radius 1 is 0.328 bits per heavy atom. The second-order valence-electron chi connectivity index (χ2n) is 16.4. The summed E-state index contributed by atoms with van der Waals surface area (Å²) in [4.78, 5) is 38.0. The second-order valence-corrected chi connectivity index (χ2v) is 16.4. The lowest BCUT2D eigenvalue weighted by Crippen LogP contribution is -2.30. The van der Waals surface area contributed by atoms with E-state index in [1.807, 2.05) is 54.7 Å². The van der Waals surface area contributed by atoms with Crippen LogP contribution in [-0.2, 0) is 28.6 Å². The van der Waals surface area contributed by atoms with E-state index in [1.54, 1.807) is 0 Å². The molecule has 64 heavy (non-hydrogen) atoms. The van der Waals surface area contributed by atoms with Gasteiger partial charge in [0.05, 0.1) is 0 Å². The van der Waals surface area contributed by atoms with Gasteiger partial charge in [0.1, 0.15) is 13.2 Å². The van der Waals surface area contributed by atoms with Gasteiger partial charge in [-0.3, -0.25) is 14.4 Å². The topological polar surface area (TPSA) is 78.9 Å². The first kappa shape index (κ1) is 59.8. The maximum Gasteiger partial charge on any atom is 0.306 e. The van der Waals surface area contributed by atoms with E-state index < -0.39 is 6.10 Å². The Balaban J connectivity index is 4.47. The second kappa shape index (κ2) is 51.4. The lowest BCUT2D eigenvalue weighted by Gasteiger charge is -2.18. The van der Waals surface area contributed by atoms with E-state index >= 15 is 0 Å². The van der Waals surface area contributed by atoms with Crippen LogP contribution in [-0.4, -0.2) is 37.2 Å². The molecule has 0 saturated carbocycles. The van der Waals surface area contributed by atoms with Gasteiger partial charge in [-0.2, -0.15) is 0 Å². The van der Waals surface area contributed by atoms with Crippen LogP contribution in [0.2, 0.25) is 0 Å². The zero-order valence-corrected chi connectivity index (χ0v) is 41.0. The number of hydrogen-bond acceptors (Lipinski definition) is 6. The minimum absolute atomic E-state index is 0.110. The predicted octanol–water partition coefficient (Wildman–Crippen LogP) is 16.9. The van der Waals surface area contributed by atoms with Crippen molar-refractivity contribution in [2.24, 2.45) is 0 Å². The Labute approximate surface area is 392 Å². The van der Waals surface area contributed by atoms with E-state index in [-0.39, 0.29) is 37.5 Å². The van der Waals surface area contributed by atoms with Crippen molar-refractivity contribution < 1.29 is 28.6 Å². The average Bonchev–Trinajstić information content (AvgIpc) is 3.29. The Kier molecular flexibility index (Phi) is 48.1. The maximum atomic E-state index is 12.8. The molecule has 0 aromatic carbocycles. The molecule has 6 heteroatoms. The van der Waals surface area contributed by atoms with E-state index in [4.69, 9.17) is 14.2 Å². The normalized spacial score (nSPS) is 13.1. The first-order valence-electron chi connectivity index (χ1n) is 25.6. The van der Waals surface area contributed by atoms with Crippen molar-refractivity contribution in [3.8, 4) is 0 Å². The monoisotopic (exact) mass is 885 g/mol. The largest absolute Gasteiger partial charge is 0.462 e. The molecule has 0 fully saturated rings.